The number of aliphatic hydroxyl groups is 1. The van der Waals surface area contributed by atoms with Crippen LogP contribution >= 0.6 is 0 Å². The Labute approximate surface area is 764 Å². The van der Waals surface area contributed by atoms with Gasteiger partial charge in [0.25, 0.3) is 0 Å². The summed E-state index contributed by atoms with van der Waals surface area (Å²) in [5.41, 5.74) is 17.5. The van der Waals surface area contributed by atoms with Gasteiger partial charge in [-0.1, -0.05) is 93.5 Å². The van der Waals surface area contributed by atoms with Gasteiger partial charge < -0.3 is 35.8 Å². The number of nitrogens with one attached hydrogen (secondary N) is 6. The van der Waals surface area contributed by atoms with Crippen LogP contribution in [0.2, 0.25) is 0 Å². The molecule has 6 fully saturated rings. The summed E-state index contributed by atoms with van der Waals surface area (Å²) in [5.74, 6) is 2.63. The fraction of sp³-hybridized carbons (Fsp3) is 0.404. The Morgan fingerprint density at radius 3 is 1.26 bits per heavy atom. The highest BCUT2D eigenvalue weighted by atomic mass is 16.3. The van der Waals surface area contributed by atoms with Gasteiger partial charge in [-0.2, -0.15) is 15.3 Å². The van der Waals surface area contributed by atoms with Crippen LogP contribution < -0.4 is 16.0 Å². The Morgan fingerprint density at radius 1 is 0.427 bits per heavy atom. The molecule has 20 rings (SSSR count). The summed E-state index contributed by atoms with van der Waals surface area (Å²) in [7, 11) is 0. The Hall–Kier alpha value is -12.8. The number of rotatable bonds is 25. The van der Waals surface area contributed by atoms with Crippen molar-refractivity contribution in [2.24, 2.45) is 28.1 Å². The number of aryl methyl sites for hydroxylation is 2. The second-order valence-electron chi connectivity index (χ2n) is 37.3. The van der Waals surface area contributed by atoms with Gasteiger partial charge >= 0.3 is 0 Å². The van der Waals surface area contributed by atoms with Crippen LogP contribution in [0.3, 0.4) is 0 Å². The van der Waals surface area contributed by atoms with Crippen LogP contribution in [-0.4, -0.2) is 230 Å². The minimum atomic E-state index is -0.995. The molecule has 11 aromatic rings. The summed E-state index contributed by atoms with van der Waals surface area (Å²) in [6.07, 6.45) is 39.3. The minimum Gasteiger partial charge on any atom is -0.395 e. The molecular formula is C104H118N20O7. The third-order valence-corrected chi connectivity index (χ3v) is 28.3. The van der Waals surface area contributed by atoms with E-state index < -0.39 is 16.2 Å². The molecule has 131 heavy (non-hydrogen) atoms. The van der Waals surface area contributed by atoms with E-state index in [0.717, 1.165) is 229 Å². The van der Waals surface area contributed by atoms with Crippen molar-refractivity contribution in [2.75, 3.05) is 121 Å². The predicted octanol–water partition coefficient (Wildman–Crippen LogP) is 15.9. The number of carbonyl (C=O) groups is 6. The molecule has 27 nitrogen and oxygen atoms in total. The van der Waals surface area contributed by atoms with Gasteiger partial charge in [-0.25, -0.2) is 9.97 Å². The molecule has 7 N–H and O–H groups in total. The second kappa shape index (κ2) is 39.5. The number of H-pyrrole nitrogens is 3. The normalized spacial score (nSPS) is 20.8. The first kappa shape index (κ1) is 88.8. The quantitative estimate of drug-likeness (QED) is 0.0279. The number of likely N-dealkylation sites (tertiary alicyclic amines) is 5. The fourth-order valence-corrected chi connectivity index (χ4v) is 20.7. The zero-order chi connectivity index (χ0) is 90.2. The first-order valence-corrected chi connectivity index (χ1v) is 47.0. The summed E-state index contributed by atoms with van der Waals surface area (Å²) < 4.78 is 0. The van der Waals surface area contributed by atoms with E-state index in [1.165, 1.54) is 29.6 Å². The van der Waals surface area contributed by atoms with Crippen molar-refractivity contribution in [1.29, 1.82) is 0 Å². The van der Waals surface area contributed by atoms with Crippen LogP contribution in [0.15, 0.2) is 206 Å². The number of benzene rings is 4. The summed E-state index contributed by atoms with van der Waals surface area (Å²) in [5, 5.41) is 45.7. The highest BCUT2D eigenvalue weighted by Crippen LogP contribution is 2.44. The van der Waals surface area contributed by atoms with Crippen LogP contribution in [0, 0.1) is 41.9 Å². The van der Waals surface area contributed by atoms with Crippen LogP contribution in [0.1, 0.15) is 145 Å². The maximum Gasteiger partial charge on any atom is 0.237 e. The molecule has 9 aliphatic rings. The number of aromatic nitrogens is 11. The molecule has 0 spiro atoms. The minimum absolute atomic E-state index is 0.0277. The molecule has 3 aliphatic carbocycles. The molecular weight excluding hydrogens is 1640 g/mol. The second-order valence-corrected chi connectivity index (χ2v) is 37.3. The Morgan fingerprint density at radius 2 is 0.847 bits per heavy atom. The van der Waals surface area contributed by atoms with Gasteiger partial charge in [-0.15, -0.1) is 0 Å². The third kappa shape index (κ3) is 20.1. The fourth-order valence-electron chi connectivity index (χ4n) is 20.7. The highest BCUT2D eigenvalue weighted by Gasteiger charge is 2.48. The van der Waals surface area contributed by atoms with E-state index in [0.29, 0.717) is 88.0 Å². The zero-order valence-corrected chi connectivity index (χ0v) is 75.5. The molecule has 4 aromatic carbocycles. The Bertz CT molecular complexity index is 5980. The van der Waals surface area contributed by atoms with E-state index in [1.807, 2.05) is 137 Å². The number of aromatic amines is 3. The molecule has 6 aliphatic heterocycles. The molecule has 0 radical (unpaired) electrons. The van der Waals surface area contributed by atoms with Gasteiger partial charge in [0.2, 0.25) is 35.4 Å². The number of piperidine rings is 2. The SMILES string of the molecule is CCCC1(C(=O)Nc2ccc3[nH]nc(-c4ccnc(C)c4)c3c2)CCN(CC(=O)N2CCC(C3=CCC=C3)CC2)C1.CCCC1(C(=O)Nc2ccc3[nH]nc(-c4ccnc(C)c4)c3c2)CCN(CC(=O)N2CCC(C3=CCC=C3)CC2)C1.O=C(CN1CC[C@@](CO)(C(=O)Nc2ccc3[nH]nc(-c4ccnc(C5CC5)c4)c3c2)C1)N1CC=C(c2ccc(-c3ncccn3)cc2)CC1. The first-order valence-electron chi connectivity index (χ1n) is 47.0. The van der Waals surface area contributed by atoms with Gasteiger partial charge in [0.1, 0.15) is 17.1 Å². The summed E-state index contributed by atoms with van der Waals surface area (Å²) >= 11 is 0. The number of anilines is 3. The topological polar surface area (TPSA) is 329 Å². The Kier molecular flexibility index (Phi) is 26.8. The van der Waals surface area contributed by atoms with Crippen molar-refractivity contribution < 1.29 is 33.9 Å². The molecule has 3 atom stereocenters. The maximum absolute atomic E-state index is 13.8. The van der Waals surface area contributed by atoms with Crippen LogP contribution in [0.4, 0.5) is 17.1 Å². The number of amides is 6. The van der Waals surface area contributed by atoms with Crippen molar-refractivity contribution in [1.82, 2.24) is 84.9 Å². The smallest absolute Gasteiger partial charge is 0.237 e. The average molecular weight is 1760 g/mol. The zero-order valence-electron chi connectivity index (χ0n) is 75.5. The molecule has 5 saturated heterocycles. The van der Waals surface area contributed by atoms with Gasteiger partial charge in [0.05, 0.1) is 59.0 Å². The van der Waals surface area contributed by atoms with Gasteiger partial charge in [-0.3, -0.25) is 73.7 Å². The van der Waals surface area contributed by atoms with Crippen molar-refractivity contribution >= 4 is 90.8 Å². The van der Waals surface area contributed by atoms with Crippen molar-refractivity contribution in [3.63, 3.8) is 0 Å². The summed E-state index contributed by atoms with van der Waals surface area (Å²) in [6, 6.07) is 39.5. The van der Waals surface area contributed by atoms with Crippen molar-refractivity contribution in [3.05, 3.63) is 229 Å². The lowest BCUT2D eigenvalue weighted by molar-refractivity contribution is -0.134. The molecule has 1 saturated carbocycles. The molecule has 27 heteroatoms. The number of allylic oxidation sites excluding steroid dienone is 8. The van der Waals surface area contributed by atoms with Crippen molar-refractivity contribution in [2.45, 2.75) is 136 Å². The van der Waals surface area contributed by atoms with Gasteiger partial charge in [-0.05, 0) is 255 Å². The monoisotopic (exact) mass is 1760 g/mol. The summed E-state index contributed by atoms with van der Waals surface area (Å²) in [4.78, 5) is 115. The number of carbonyl (C=O) groups excluding carboxylic acids is 6. The van der Waals surface area contributed by atoms with E-state index in [-0.39, 0.29) is 48.6 Å². The number of nitrogens with zero attached hydrogens (tertiary/aromatic N) is 14. The lowest BCUT2D eigenvalue weighted by atomic mass is 9.81. The van der Waals surface area contributed by atoms with E-state index in [1.54, 1.807) is 30.9 Å². The lowest BCUT2D eigenvalue weighted by Crippen LogP contribution is -2.45. The third-order valence-electron chi connectivity index (χ3n) is 28.3. The van der Waals surface area contributed by atoms with Gasteiger partial charge in [0, 0.05) is 168 Å². The first-order chi connectivity index (χ1) is 63.8. The highest BCUT2D eigenvalue weighted by molar-refractivity contribution is 6.03. The largest absolute Gasteiger partial charge is 0.395 e. The Balaban J connectivity index is 0.000000133. The molecule has 13 heterocycles. The molecule has 0 bridgehead atoms. The number of aliphatic hydroxyl groups excluding tert-OH is 1. The standard InChI is InChI=1S/C38H38N8O3.2C33H40N6O2/c47-24-38(37(49)42-30-8-9-32-31(21-30)35(44-43-32)29-10-16-39-33(20-29)27-4-5-27)13-19-45(23-38)22-34(48)46-17-11-26(12-18-46)25-2-6-28(7-3-25)36-40-14-1-15-41-36;2*1-3-13-33(14-18-38(22-33)21-30(40)39-16-11-25(12-17-39)24-6-4-5-7-24)32(41)35-27-8-9-29-28(20-27)31(37-36-29)26-10-15-34-23(2)19-26/h1-3,6-11,14-16,20-21,27,47H,4-5,12-13,17-19,22-24H2,(H,42,49)(H,43,44);2*4,6-10,15,19-20,25H,3,5,11-14,16-18,21-22H2,1-2H3,(H,35,41)(H,36,37)/t38-;;/m1../s1. The number of fused-ring (bicyclic) bond motifs is 3. The number of hydrogen-bond acceptors (Lipinski definition) is 18. The van der Waals surface area contributed by atoms with E-state index in [2.05, 4.69) is 156 Å². The summed E-state index contributed by atoms with van der Waals surface area (Å²) in [6.45, 7) is 17.0. The number of hydrogen-bond donors (Lipinski definition) is 7. The van der Waals surface area contributed by atoms with E-state index in [9.17, 15) is 33.9 Å². The molecule has 6 amide bonds. The number of pyridine rings is 3. The predicted molar refractivity (Wildman–Crippen MR) is 512 cm³/mol. The van der Waals surface area contributed by atoms with Crippen molar-refractivity contribution in [3.8, 4) is 45.2 Å². The van der Waals surface area contributed by atoms with E-state index in [4.69, 9.17) is 0 Å². The molecule has 676 valence electrons. The lowest BCUT2D eigenvalue weighted by Gasteiger charge is -2.34. The van der Waals surface area contributed by atoms with Crippen LogP contribution in [-0.2, 0) is 28.8 Å². The molecule has 7 aromatic heterocycles. The van der Waals surface area contributed by atoms with Crippen LogP contribution in [0.5, 0.6) is 0 Å². The van der Waals surface area contributed by atoms with E-state index >= 15 is 0 Å². The molecule has 2 unspecified atom stereocenters. The average Bonchev–Trinajstić information content (AvgIpc) is 1.65. The van der Waals surface area contributed by atoms with Gasteiger partial charge in [0.15, 0.2) is 5.82 Å². The maximum atomic E-state index is 13.8. The van der Waals surface area contributed by atoms with Crippen LogP contribution in [0.25, 0.3) is 83.4 Å².